The normalized spacial score (nSPS) is 13.7. The predicted octanol–water partition coefficient (Wildman–Crippen LogP) is 5.46. The molecule has 0 heterocycles. The second-order valence-corrected chi connectivity index (χ2v) is 7.28. The van der Waals surface area contributed by atoms with Crippen LogP contribution in [0.5, 0.6) is 0 Å². The molecular weight excluding hydrogens is 300 g/mol. The van der Waals surface area contributed by atoms with E-state index in [9.17, 15) is 5.11 Å². The van der Waals surface area contributed by atoms with Gasteiger partial charge in [-0.15, -0.1) is 0 Å². The molecule has 0 aromatic heterocycles. The highest BCUT2D eigenvalue weighted by molar-refractivity contribution is 9.10. The molecule has 0 aliphatic carbocycles. The van der Waals surface area contributed by atoms with Crippen LogP contribution in [0.4, 0.5) is 0 Å². The smallest absolute Gasteiger partial charge is 0.0790 e. The Balaban J connectivity index is 2.18. The van der Waals surface area contributed by atoms with Crippen LogP contribution < -0.4 is 0 Å². The average Bonchev–Trinajstić information content (AvgIpc) is 2.34. The molecule has 0 radical (unpaired) electrons. The van der Waals surface area contributed by atoms with Gasteiger partial charge in [-0.05, 0) is 52.8 Å². The highest BCUT2D eigenvalue weighted by Gasteiger charge is 2.15. The van der Waals surface area contributed by atoms with Gasteiger partial charge in [0.25, 0.3) is 0 Å². The number of benzene rings is 2. The molecule has 1 nitrogen and oxygen atoms in total. The van der Waals surface area contributed by atoms with E-state index in [4.69, 9.17) is 0 Å². The Morgan fingerprint density at radius 2 is 1.68 bits per heavy atom. The molecule has 19 heavy (non-hydrogen) atoms. The summed E-state index contributed by atoms with van der Waals surface area (Å²) >= 11 is 3.48. The van der Waals surface area contributed by atoms with Crippen LogP contribution in [-0.2, 0) is 0 Å². The van der Waals surface area contributed by atoms with Crippen LogP contribution in [0.25, 0.3) is 10.8 Å². The third-order valence-electron chi connectivity index (χ3n) is 3.38. The van der Waals surface area contributed by atoms with Gasteiger partial charge in [0.1, 0.15) is 0 Å². The second kappa shape index (κ2) is 5.64. The van der Waals surface area contributed by atoms with Crippen molar-refractivity contribution in [2.75, 3.05) is 0 Å². The predicted molar refractivity (Wildman–Crippen MR) is 85.3 cm³/mol. The Hall–Kier alpha value is -0.860. The van der Waals surface area contributed by atoms with E-state index in [0.717, 1.165) is 22.9 Å². The molecule has 0 amide bonds. The first-order chi connectivity index (χ1) is 8.85. The Morgan fingerprint density at radius 1 is 1.05 bits per heavy atom. The summed E-state index contributed by atoms with van der Waals surface area (Å²) in [5.41, 5.74) is 1.28. The summed E-state index contributed by atoms with van der Waals surface area (Å²) in [6.07, 6.45) is 1.46. The number of aliphatic hydroxyl groups excluding tert-OH is 1. The van der Waals surface area contributed by atoms with Crippen molar-refractivity contribution in [3.63, 3.8) is 0 Å². The Bertz CT molecular complexity index is 569. The van der Waals surface area contributed by atoms with Crippen LogP contribution in [0.2, 0.25) is 0 Å². The van der Waals surface area contributed by atoms with Gasteiger partial charge >= 0.3 is 0 Å². The van der Waals surface area contributed by atoms with Crippen molar-refractivity contribution in [1.29, 1.82) is 0 Å². The van der Waals surface area contributed by atoms with Crippen molar-refractivity contribution in [3.8, 4) is 0 Å². The molecule has 0 aliphatic heterocycles. The summed E-state index contributed by atoms with van der Waals surface area (Å²) in [5.74, 6) is 0. The SMILES string of the molecule is CC(C)(C)CCC(O)c1ccc2cc(Br)ccc2c1. The lowest BCUT2D eigenvalue weighted by molar-refractivity contribution is 0.148. The maximum absolute atomic E-state index is 10.3. The van der Waals surface area contributed by atoms with Crippen molar-refractivity contribution in [2.45, 2.75) is 39.7 Å². The topological polar surface area (TPSA) is 20.2 Å². The Labute approximate surface area is 123 Å². The third-order valence-corrected chi connectivity index (χ3v) is 3.87. The number of hydrogen-bond donors (Lipinski definition) is 1. The summed E-state index contributed by atoms with van der Waals surface area (Å²) in [5, 5.41) is 12.7. The van der Waals surface area contributed by atoms with E-state index in [1.165, 1.54) is 10.8 Å². The zero-order valence-electron chi connectivity index (χ0n) is 11.8. The van der Waals surface area contributed by atoms with Gasteiger partial charge in [0.05, 0.1) is 6.10 Å². The fourth-order valence-corrected chi connectivity index (χ4v) is 2.56. The van der Waals surface area contributed by atoms with Crippen LogP contribution in [0.1, 0.15) is 45.3 Å². The summed E-state index contributed by atoms with van der Waals surface area (Å²) in [6.45, 7) is 6.62. The summed E-state index contributed by atoms with van der Waals surface area (Å²) in [6, 6.07) is 12.4. The number of halogens is 1. The molecule has 0 fully saturated rings. The minimum absolute atomic E-state index is 0.267. The fourth-order valence-electron chi connectivity index (χ4n) is 2.18. The number of rotatable bonds is 3. The van der Waals surface area contributed by atoms with E-state index in [2.05, 4.69) is 61.0 Å². The van der Waals surface area contributed by atoms with Crippen LogP contribution in [0.15, 0.2) is 40.9 Å². The molecule has 0 aliphatic rings. The lowest BCUT2D eigenvalue weighted by Crippen LogP contribution is -2.08. The molecular formula is C17H21BrO. The minimum Gasteiger partial charge on any atom is -0.388 e. The van der Waals surface area contributed by atoms with Gasteiger partial charge in [0.15, 0.2) is 0 Å². The summed E-state index contributed by atoms with van der Waals surface area (Å²) < 4.78 is 1.08. The van der Waals surface area contributed by atoms with Gasteiger partial charge in [-0.25, -0.2) is 0 Å². The molecule has 1 unspecified atom stereocenters. The van der Waals surface area contributed by atoms with Crippen LogP contribution in [0.3, 0.4) is 0 Å². The number of fused-ring (bicyclic) bond motifs is 1. The number of hydrogen-bond acceptors (Lipinski definition) is 1. The van der Waals surface area contributed by atoms with Gasteiger partial charge in [-0.3, -0.25) is 0 Å². The molecule has 1 N–H and O–H groups in total. The molecule has 0 bridgehead atoms. The Kier molecular flexibility index (Phi) is 4.32. The Morgan fingerprint density at radius 3 is 2.37 bits per heavy atom. The average molecular weight is 321 g/mol. The van der Waals surface area contributed by atoms with E-state index in [-0.39, 0.29) is 11.5 Å². The van der Waals surface area contributed by atoms with Crippen molar-refractivity contribution in [2.24, 2.45) is 5.41 Å². The first-order valence-electron chi connectivity index (χ1n) is 6.72. The maximum Gasteiger partial charge on any atom is 0.0790 e. The molecule has 2 rings (SSSR count). The van der Waals surface area contributed by atoms with E-state index in [1.54, 1.807) is 0 Å². The quantitative estimate of drug-likeness (QED) is 0.795. The lowest BCUT2D eigenvalue weighted by Gasteiger charge is -2.20. The van der Waals surface area contributed by atoms with Crippen LogP contribution in [-0.4, -0.2) is 5.11 Å². The standard InChI is InChI=1S/C17H21BrO/c1-17(2,3)9-8-16(19)14-5-4-13-11-15(18)7-6-12(13)10-14/h4-7,10-11,16,19H,8-9H2,1-3H3. The largest absolute Gasteiger partial charge is 0.388 e. The third kappa shape index (κ3) is 4.05. The first kappa shape index (κ1) is 14.5. The first-order valence-corrected chi connectivity index (χ1v) is 7.52. The molecule has 0 spiro atoms. The molecule has 2 aromatic rings. The zero-order chi connectivity index (χ0) is 14.0. The van der Waals surface area contributed by atoms with Crippen LogP contribution in [0, 0.1) is 5.41 Å². The van der Waals surface area contributed by atoms with Crippen molar-refractivity contribution in [1.82, 2.24) is 0 Å². The molecule has 2 heteroatoms. The van der Waals surface area contributed by atoms with E-state index >= 15 is 0 Å². The molecule has 102 valence electrons. The van der Waals surface area contributed by atoms with Crippen molar-refractivity contribution >= 4 is 26.7 Å². The fraction of sp³-hybridized carbons (Fsp3) is 0.412. The van der Waals surface area contributed by atoms with E-state index in [0.29, 0.717) is 0 Å². The molecule has 1 atom stereocenters. The number of aliphatic hydroxyl groups is 1. The van der Waals surface area contributed by atoms with Gasteiger partial charge in [-0.1, -0.05) is 54.9 Å². The van der Waals surface area contributed by atoms with Crippen molar-refractivity contribution in [3.05, 3.63) is 46.4 Å². The highest BCUT2D eigenvalue weighted by Crippen LogP contribution is 2.29. The zero-order valence-corrected chi connectivity index (χ0v) is 13.4. The maximum atomic E-state index is 10.3. The summed E-state index contributed by atoms with van der Waals surface area (Å²) in [4.78, 5) is 0. The highest BCUT2D eigenvalue weighted by atomic mass is 79.9. The van der Waals surface area contributed by atoms with E-state index in [1.807, 2.05) is 12.1 Å². The van der Waals surface area contributed by atoms with Gasteiger partial charge < -0.3 is 5.11 Å². The van der Waals surface area contributed by atoms with E-state index < -0.39 is 0 Å². The van der Waals surface area contributed by atoms with Gasteiger partial charge in [0, 0.05) is 4.47 Å². The second-order valence-electron chi connectivity index (χ2n) is 6.37. The lowest BCUT2D eigenvalue weighted by atomic mass is 9.88. The molecule has 2 aromatic carbocycles. The molecule has 0 saturated carbocycles. The summed E-state index contributed by atoms with van der Waals surface area (Å²) in [7, 11) is 0. The van der Waals surface area contributed by atoms with Crippen molar-refractivity contribution < 1.29 is 5.11 Å². The minimum atomic E-state index is -0.368. The van der Waals surface area contributed by atoms with Gasteiger partial charge in [-0.2, -0.15) is 0 Å². The van der Waals surface area contributed by atoms with Crippen LogP contribution >= 0.6 is 15.9 Å². The molecule has 0 saturated heterocycles. The van der Waals surface area contributed by atoms with Gasteiger partial charge in [0.2, 0.25) is 0 Å². The monoisotopic (exact) mass is 320 g/mol.